The average molecular weight is 319 g/mol. The van der Waals surface area contributed by atoms with Gasteiger partial charge in [0.1, 0.15) is 11.4 Å². The van der Waals surface area contributed by atoms with Crippen LogP contribution in [0.1, 0.15) is 6.42 Å². The Balaban J connectivity index is 2.37. The number of amides is 1. The highest BCUT2D eigenvalue weighted by molar-refractivity contribution is 9.10. The minimum atomic E-state index is 0.0980. The van der Waals surface area contributed by atoms with Gasteiger partial charge in [-0.15, -0.1) is 11.6 Å². The maximum Gasteiger partial charge on any atom is 0.227 e. The van der Waals surface area contributed by atoms with Gasteiger partial charge in [0.25, 0.3) is 0 Å². The van der Waals surface area contributed by atoms with Gasteiger partial charge in [-0.05, 0) is 34.0 Å². The molecular weight excluding hydrogens is 305 g/mol. The van der Waals surface area contributed by atoms with Gasteiger partial charge in [0.15, 0.2) is 0 Å². The van der Waals surface area contributed by atoms with Gasteiger partial charge < -0.3 is 9.64 Å². The van der Waals surface area contributed by atoms with E-state index in [1.54, 1.807) is 12.0 Å². The molecule has 1 amide bonds. The minimum absolute atomic E-state index is 0.0980. The molecule has 0 aromatic heterocycles. The second-order valence-electron chi connectivity index (χ2n) is 4.02. The fourth-order valence-electron chi connectivity index (χ4n) is 2.02. The van der Waals surface area contributed by atoms with Crippen molar-refractivity contribution in [2.45, 2.75) is 6.42 Å². The van der Waals surface area contributed by atoms with Crippen LogP contribution in [0.3, 0.4) is 0 Å². The number of anilines is 1. The number of hydrogen-bond acceptors (Lipinski definition) is 2. The number of carbonyl (C=O) groups is 1. The first-order chi connectivity index (χ1) is 8.17. The standard InChI is InChI=1S/C12H13BrClNO2/c1-17-10-4-2-3-9(13)12(10)15-7-8(6-14)5-11(15)16/h2-4,8H,5-7H2,1H3. The molecule has 1 aliphatic heterocycles. The quantitative estimate of drug-likeness (QED) is 0.802. The molecule has 0 spiro atoms. The van der Waals surface area contributed by atoms with Crippen LogP contribution in [-0.2, 0) is 4.79 Å². The molecule has 5 heteroatoms. The highest BCUT2D eigenvalue weighted by atomic mass is 79.9. The highest BCUT2D eigenvalue weighted by Crippen LogP contribution is 2.39. The van der Waals surface area contributed by atoms with E-state index in [2.05, 4.69) is 15.9 Å². The Labute approximate surface area is 114 Å². The van der Waals surface area contributed by atoms with Crippen LogP contribution in [0.2, 0.25) is 0 Å². The van der Waals surface area contributed by atoms with E-state index in [4.69, 9.17) is 16.3 Å². The molecule has 0 saturated carbocycles. The first kappa shape index (κ1) is 12.7. The van der Waals surface area contributed by atoms with Gasteiger partial charge in [-0.25, -0.2) is 0 Å². The van der Waals surface area contributed by atoms with Crippen LogP contribution in [0.15, 0.2) is 22.7 Å². The molecular formula is C12H13BrClNO2. The van der Waals surface area contributed by atoms with E-state index in [0.717, 1.165) is 10.2 Å². The number of ether oxygens (including phenoxy) is 1. The summed E-state index contributed by atoms with van der Waals surface area (Å²) in [6, 6.07) is 5.63. The summed E-state index contributed by atoms with van der Waals surface area (Å²) in [5, 5.41) is 0. The average Bonchev–Trinajstić information content (AvgIpc) is 2.70. The molecule has 0 bridgehead atoms. The molecule has 0 radical (unpaired) electrons. The van der Waals surface area contributed by atoms with Crippen LogP contribution in [-0.4, -0.2) is 25.4 Å². The van der Waals surface area contributed by atoms with Crippen molar-refractivity contribution in [3.8, 4) is 5.75 Å². The van der Waals surface area contributed by atoms with Crippen LogP contribution >= 0.6 is 27.5 Å². The third-order valence-corrected chi connectivity index (χ3v) is 3.94. The molecule has 3 nitrogen and oxygen atoms in total. The lowest BCUT2D eigenvalue weighted by molar-refractivity contribution is -0.117. The molecule has 1 aromatic carbocycles. The fraction of sp³-hybridized carbons (Fsp3) is 0.417. The van der Waals surface area contributed by atoms with Crippen molar-refractivity contribution in [1.29, 1.82) is 0 Å². The second kappa shape index (κ2) is 5.27. The maximum atomic E-state index is 12.0. The first-order valence-electron chi connectivity index (χ1n) is 5.36. The van der Waals surface area contributed by atoms with Gasteiger partial charge in [0.2, 0.25) is 5.91 Å². The van der Waals surface area contributed by atoms with E-state index >= 15 is 0 Å². The minimum Gasteiger partial charge on any atom is -0.495 e. The van der Waals surface area contributed by atoms with Crippen LogP contribution < -0.4 is 9.64 Å². The zero-order valence-corrected chi connectivity index (χ0v) is 11.8. The molecule has 1 atom stereocenters. The number of para-hydroxylation sites is 1. The number of alkyl halides is 1. The molecule has 1 fully saturated rings. The zero-order chi connectivity index (χ0) is 12.4. The summed E-state index contributed by atoms with van der Waals surface area (Å²) in [4.78, 5) is 13.7. The monoisotopic (exact) mass is 317 g/mol. The normalized spacial score (nSPS) is 19.8. The van der Waals surface area contributed by atoms with E-state index < -0.39 is 0 Å². The lowest BCUT2D eigenvalue weighted by atomic mass is 10.1. The first-order valence-corrected chi connectivity index (χ1v) is 6.69. The number of nitrogens with zero attached hydrogens (tertiary/aromatic N) is 1. The Morgan fingerprint density at radius 2 is 2.35 bits per heavy atom. The third kappa shape index (κ3) is 2.43. The van der Waals surface area contributed by atoms with E-state index in [0.29, 0.717) is 24.6 Å². The molecule has 92 valence electrons. The highest BCUT2D eigenvalue weighted by Gasteiger charge is 2.32. The largest absolute Gasteiger partial charge is 0.495 e. The number of methoxy groups -OCH3 is 1. The van der Waals surface area contributed by atoms with Crippen molar-refractivity contribution >= 4 is 39.1 Å². The summed E-state index contributed by atoms with van der Waals surface area (Å²) in [5.74, 6) is 1.53. The summed E-state index contributed by atoms with van der Waals surface area (Å²) in [6.07, 6.45) is 0.508. The number of benzene rings is 1. The summed E-state index contributed by atoms with van der Waals surface area (Å²) in [7, 11) is 1.60. The lowest BCUT2D eigenvalue weighted by Crippen LogP contribution is -2.25. The molecule has 1 aromatic rings. The summed E-state index contributed by atoms with van der Waals surface area (Å²) in [6.45, 7) is 0.654. The van der Waals surface area contributed by atoms with Gasteiger partial charge in [0.05, 0.1) is 7.11 Å². The molecule has 1 saturated heterocycles. The third-order valence-electron chi connectivity index (χ3n) is 2.86. The predicted octanol–water partition coefficient (Wildman–Crippen LogP) is 3.05. The van der Waals surface area contributed by atoms with Gasteiger partial charge in [0, 0.05) is 23.3 Å². The van der Waals surface area contributed by atoms with Crippen molar-refractivity contribution in [2.75, 3.05) is 24.4 Å². The molecule has 1 heterocycles. The Morgan fingerprint density at radius 3 is 2.94 bits per heavy atom. The van der Waals surface area contributed by atoms with Crippen LogP contribution in [0.25, 0.3) is 0 Å². The summed E-state index contributed by atoms with van der Waals surface area (Å²) in [5.41, 5.74) is 0.799. The van der Waals surface area contributed by atoms with E-state index in [1.807, 2.05) is 18.2 Å². The van der Waals surface area contributed by atoms with Crippen LogP contribution in [0, 0.1) is 5.92 Å². The summed E-state index contributed by atoms with van der Waals surface area (Å²) >= 11 is 9.28. The molecule has 1 unspecified atom stereocenters. The predicted molar refractivity (Wildman–Crippen MR) is 71.9 cm³/mol. The SMILES string of the molecule is COc1cccc(Br)c1N1CC(CCl)CC1=O. The number of hydrogen-bond donors (Lipinski definition) is 0. The van der Waals surface area contributed by atoms with Crippen molar-refractivity contribution < 1.29 is 9.53 Å². The van der Waals surface area contributed by atoms with E-state index in [1.165, 1.54) is 0 Å². The summed E-state index contributed by atoms with van der Waals surface area (Å²) < 4.78 is 6.16. The van der Waals surface area contributed by atoms with Gasteiger partial charge >= 0.3 is 0 Å². The number of halogens is 2. The van der Waals surface area contributed by atoms with Crippen LogP contribution in [0.5, 0.6) is 5.75 Å². The molecule has 0 N–H and O–H groups in total. The molecule has 0 aliphatic carbocycles. The van der Waals surface area contributed by atoms with E-state index in [9.17, 15) is 4.79 Å². The molecule has 2 rings (SSSR count). The van der Waals surface area contributed by atoms with Gasteiger partial charge in [-0.1, -0.05) is 6.07 Å². The topological polar surface area (TPSA) is 29.5 Å². The van der Waals surface area contributed by atoms with Crippen LogP contribution in [0.4, 0.5) is 5.69 Å². The Kier molecular flexibility index (Phi) is 3.94. The maximum absolute atomic E-state index is 12.0. The fourth-order valence-corrected chi connectivity index (χ4v) is 2.79. The van der Waals surface area contributed by atoms with E-state index in [-0.39, 0.29) is 11.8 Å². The second-order valence-corrected chi connectivity index (χ2v) is 5.18. The smallest absolute Gasteiger partial charge is 0.227 e. The Hall–Kier alpha value is -0.740. The number of rotatable bonds is 3. The lowest BCUT2D eigenvalue weighted by Gasteiger charge is -2.20. The zero-order valence-electron chi connectivity index (χ0n) is 9.45. The van der Waals surface area contributed by atoms with Gasteiger partial charge in [-0.3, -0.25) is 4.79 Å². The van der Waals surface area contributed by atoms with Gasteiger partial charge in [-0.2, -0.15) is 0 Å². The van der Waals surface area contributed by atoms with Crippen molar-refractivity contribution in [3.63, 3.8) is 0 Å². The molecule has 17 heavy (non-hydrogen) atoms. The number of carbonyl (C=O) groups excluding carboxylic acids is 1. The Morgan fingerprint density at radius 1 is 1.59 bits per heavy atom. The van der Waals surface area contributed by atoms with Crippen molar-refractivity contribution in [2.24, 2.45) is 5.92 Å². The molecule has 1 aliphatic rings. The Bertz CT molecular complexity index is 439. The van der Waals surface area contributed by atoms with Crippen molar-refractivity contribution in [1.82, 2.24) is 0 Å². The van der Waals surface area contributed by atoms with Crippen molar-refractivity contribution in [3.05, 3.63) is 22.7 Å².